The first-order valence-electron chi connectivity index (χ1n) is 7.66. The van der Waals surface area contributed by atoms with Crippen molar-refractivity contribution in [2.45, 2.75) is 11.7 Å². The quantitative estimate of drug-likeness (QED) is 0.505. The van der Waals surface area contributed by atoms with Gasteiger partial charge in [0.15, 0.2) is 5.17 Å². The number of amides is 2. The minimum absolute atomic E-state index is 0.147. The molecule has 1 heterocycles. The number of nitrogens with one attached hydrogen (secondary N) is 1. The molecule has 0 bridgehead atoms. The van der Waals surface area contributed by atoms with Crippen molar-refractivity contribution in [3.8, 4) is 0 Å². The number of carbonyl (C=O) groups excluding carboxylic acids is 2. The summed E-state index contributed by atoms with van der Waals surface area (Å²) >= 11 is 7.23. The number of hydrogen-bond donors (Lipinski definition) is 1. The summed E-state index contributed by atoms with van der Waals surface area (Å²) in [5.41, 5.74) is 1.37. The molecular weight excluding hydrogens is 358 g/mol. The third-order valence-electron chi connectivity index (χ3n) is 3.65. The predicted molar refractivity (Wildman–Crippen MR) is 103 cm³/mol. The summed E-state index contributed by atoms with van der Waals surface area (Å²) in [6.07, 6.45) is 0.147. The Bertz CT molecular complexity index is 826. The van der Waals surface area contributed by atoms with Crippen molar-refractivity contribution in [3.05, 3.63) is 59.6 Å². The van der Waals surface area contributed by atoms with E-state index in [0.29, 0.717) is 15.9 Å². The number of nitrogens with zero attached hydrogens (tertiary/aromatic N) is 2. The van der Waals surface area contributed by atoms with Gasteiger partial charge in [-0.15, -0.1) is 0 Å². The van der Waals surface area contributed by atoms with E-state index < -0.39 is 5.25 Å². The summed E-state index contributed by atoms with van der Waals surface area (Å²) in [4.78, 5) is 30.4. The zero-order chi connectivity index (χ0) is 17.8. The maximum Gasteiger partial charge on any atom is 0.247 e. The van der Waals surface area contributed by atoms with Crippen LogP contribution in [0.15, 0.2) is 59.6 Å². The van der Waals surface area contributed by atoms with Crippen molar-refractivity contribution in [3.63, 3.8) is 0 Å². The van der Waals surface area contributed by atoms with Crippen LogP contribution in [0.2, 0.25) is 5.02 Å². The Labute approximate surface area is 155 Å². The summed E-state index contributed by atoms with van der Waals surface area (Å²) in [6.45, 7) is 0. The molecule has 0 unspecified atom stereocenters. The van der Waals surface area contributed by atoms with Gasteiger partial charge >= 0.3 is 0 Å². The number of aliphatic imine (C=N–C) groups is 1. The molecule has 0 spiro atoms. The molecule has 1 aliphatic rings. The SMILES string of the molecule is CN=C(Nc1cccc(Cl)c1)S[C@@H]1CC(=O)N(c2ccccc2)C1=O. The van der Waals surface area contributed by atoms with Gasteiger partial charge in [-0.05, 0) is 30.3 Å². The van der Waals surface area contributed by atoms with E-state index >= 15 is 0 Å². The maximum atomic E-state index is 12.7. The van der Waals surface area contributed by atoms with Gasteiger partial charge in [0.25, 0.3) is 0 Å². The summed E-state index contributed by atoms with van der Waals surface area (Å²) in [6, 6.07) is 16.2. The average Bonchev–Trinajstić information content (AvgIpc) is 2.88. The first-order chi connectivity index (χ1) is 12.1. The van der Waals surface area contributed by atoms with Crippen LogP contribution in [0.5, 0.6) is 0 Å². The third kappa shape index (κ3) is 4.03. The van der Waals surface area contributed by atoms with Crippen molar-refractivity contribution in [1.82, 2.24) is 0 Å². The minimum atomic E-state index is -0.502. The highest BCUT2D eigenvalue weighted by molar-refractivity contribution is 8.15. The van der Waals surface area contributed by atoms with E-state index in [1.165, 1.54) is 16.7 Å². The summed E-state index contributed by atoms with van der Waals surface area (Å²) in [5.74, 6) is -0.429. The van der Waals surface area contributed by atoms with Crippen molar-refractivity contribution in [2.75, 3.05) is 17.3 Å². The Morgan fingerprint density at radius 3 is 2.64 bits per heavy atom. The Kier molecular flexibility index (Phi) is 5.40. The van der Waals surface area contributed by atoms with E-state index in [4.69, 9.17) is 11.6 Å². The van der Waals surface area contributed by atoms with E-state index in [-0.39, 0.29) is 18.2 Å². The van der Waals surface area contributed by atoms with Gasteiger partial charge in [0, 0.05) is 24.2 Å². The van der Waals surface area contributed by atoms with Crippen LogP contribution in [0.25, 0.3) is 0 Å². The first kappa shape index (κ1) is 17.5. The third-order valence-corrected chi connectivity index (χ3v) is 5.05. The number of hydrogen-bond acceptors (Lipinski definition) is 4. The highest BCUT2D eigenvalue weighted by Gasteiger charge is 2.40. The Morgan fingerprint density at radius 2 is 1.96 bits per heavy atom. The molecule has 1 atom stereocenters. The minimum Gasteiger partial charge on any atom is -0.335 e. The summed E-state index contributed by atoms with van der Waals surface area (Å²) in [5, 5.41) is 3.79. The fraction of sp³-hybridized carbons (Fsp3) is 0.167. The molecule has 2 aromatic rings. The highest BCUT2D eigenvalue weighted by Crippen LogP contribution is 2.30. The number of para-hydroxylation sites is 1. The molecule has 1 fully saturated rings. The smallest absolute Gasteiger partial charge is 0.247 e. The fourth-order valence-corrected chi connectivity index (χ4v) is 3.68. The fourth-order valence-electron chi connectivity index (χ4n) is 2.51. The number of amidine groups is 1. The number of carbonyl (C=O) groups is 2. The molecule has 7 heteroatoms. The molecule has 1 N–H and O–H groups in total. The van der Waals surface area contributed by atoms with Crippen LogP contribution < -0.4 is 10.2 Å². The molecule has 3 rings (SSSR count). The normalized spacial score (nSPS) is 17.9. The lowest BCUT2D eigenvalue weighted by Crippen LogP contribution is -2.31. The molecule has 5 nitrogen and oxygen atoms in total. The van der Waals surface area contributed by atoms with Gasteiger partial charge in [0.2, 0.25) is 11.8 Å². The Balaban J connectivity index is 1.72. The largest absolute Gasteiger partial charge is 0.335 e. The lowest BCUT2D eigenvalue weighted by molar-refractivity contribution is -0.121. The lowest BCUT2D eigenvalue weighted by atomic mass is 10.3. The lowest BCUT2D eigenvalue weighted by Gasteiger charge is -2.15. The van der Waals surface area contributed by atoms with Crippen LogP contribution in [0.4, 0.5) is 11.4 Å². The molecule has 0 radical (unpaired) electrons. The molecule has 25 heavy (non-hydrogen) atoms. The predicted octanol–water partition coefficient (Wildman–Crippen LogP) is 3.80. The Hall–Kier alpha value is -2.31. The van der Waals surface area contributed by atoms with Crippen molar-refractivity contribution >= 4 is 51.7 Å². The standard InChI is InChI=1S/C18H16ClN3O2S/c1-20-18(21-13-7-5-6-12(19)10-13)25-15-11-16(23)22(17(15)24)14-8-3-2-4-9-14/h2-10,15H,11H2,1H3,(H,20,21)/t15-/m1/s1. The Morgan fingerprint density at radius 1 is 1.20 bits per heavy atom. The zero-order valence-corrected chi connectivity index (χ0v) is 15.1. The molecule has 0 aliphatic carbocycles. The second-order valence-electron chi connectivity index (χ2n) is 5.38. The maximum absolute atomic E-state index is 12.7. The van der Waals surface area contributed by atoms with Crippen LogP contribution in [0, 0.1) is 0 Å². The van der Waals surface area contributed by atoms with Gasteiger partial charge in [-0.25, -0.2) is 4.90 Å². The van der Waals surface area contributed by atoms with Gasteiger partial charge in [-0.3, -0.25) is 14.6 Å². The van der Waals surface area contributed by atoms with Crippen molar-refractivity contribution < 1.29 is 9.59 Å². The summed E-state index contributed by atoms with van der Waals surface area (Å²) in [7, 11) is 1.64. The van der Waals surface area contributed by atoms with E-state index in [0.717, 1.165) is 5.69 Å². The number of anilines is 2. The van der Waals surface area contributed by atoms with Crippen molar-refractivity contribution in [1.29, 1.82) is 0 Å². The van der Waals surface area contributed by atoms with Crippen LogP contribution in [0.3, 0.4) is 0 Å². The van der Waals surface area contributed by atoms with Crippen molar-refractivity contribution in [2.24, 2.45) is 4.99 Å². The zero-order valence-electron chi connectivity index (χ0n) is 13.5. The number of thioether (sulfide) groups is 1. The molecule has 128 valence electrons. The second-order valence-corrected chi connectivity index (χ2v) is 7.01. The van der Waals surface area contributed by atoms with Gasteiger partial charge in [0.1, 0.15) is 5.25 Å². The number of benzene rings is 2. The van der Waals surface area contributed by atoms with Gasteiger partial charge in [-0.2, -0.15) is 0 Å². The molecule has 2 aromatic carbocycles. The average molecular weight is 374 g/mol. The second kappa shape index (κ2) is 7.72. The molecule has 1 saturated heterocycles. The molecule has 1 aliphatic heterocycles. The van der Waals surface area contributed by atoms with Crippen LogP contribution >= 0.6 is 23.4 Å². The van der Waals surface area contributed by atoms with Crippen LogP contribution in [-0.4, -0.2) is 29.3 Å². The topological polar surface area (TPSA) is 61.8 Å². The van der Waals surface area contributed by atoms with E-state index in [1.54, 1.807) is 43.4 Å². The van der Waals surface area contributed by atoms with Gasteiger partial charge in [0.05, 0.1) is 5.69 Å². The molecular formula is C18H16ClN3O2S. The van der Waals surface area contributed by atoms with E-state index in [2.05, 4.69) is 10.3 Å². The highest BCUT2D eigenvalue weighted by atomic mass is 35.5. The van der Waals surface area contributed by atoms with Crippen LogP contribution in [0.1, 0.15) is 6.42 Å². The van der Waals surface area contributed by atoms with E-state index in [1.807, 2.05) is 18.2 Å². The number of imide groups is 1. The summed E-state index contributed by atoms with van der Waals surface area (Å²) < 4.78 is 0. The number of halogens is 1. The molecule has 0 aromatic heterocycles. The van der Waals surface area contributed by atoms with Gasteiger partial charge in [-0.1, -0.05) is 47.6 Å². The monoisotopic (exact) mass is 373 g/mol. The number of rotatable bonds is 3. The first-order valence-corrected chi connectivity index (χ1v) is 8.92. The molecule has 2 amide bonds. The van der Waals surface area contributed by atoms with Crippen LogP contribution in [-0.2, 0) is 9.59 Å². The molecule has 0 saturated carbocycles. The van der Waals surface area contributed by atoms with E-state index in [9.17, 15) is 9.59 Å². The van der Waals surface area contributed by atoms with Gasteiger partial charge < -0.3 is 5.32 Å².